The number of rotatable bonds is 13. The van der Waals surface area contributed by atoms with Crippen LogP contribution in [0.5, 0.6) is 0 Å². The van der Waals surface area contributed by atoms with Gasteiger partial charge in [0.05, 0.1) is 12.7 Å². The van der Waals surface area contributed by atoms with Crippen LogP contribution in [0.25, 0.3) is 0 Å². The van der Waals surface area contributed by atoms with E-state index >= 15 is 0 Å². The number of esters is 2. The fourth-order valence-electron chi connectivity index (χ4n) is 2.55. The van der Waals surface area contributed by atoms with Crippen LogP contribution in [0.15, 0.2) is 0 Å². The lowest BCUT2D eigenvalue weighted by Crippen LogP contribution is -2.13. The smallest absolute Gasteiger partial charge is 0.306 e. The molecule has 0 amide bonds. The minimum atomic E-state index is -0.239. The lowest BCUT2D eigenvalue weighted by atomic mass is 9.86. The molecule has 0 aromatic heterocycles. The average molecular weight is 330 g/mol. The summed E-state index contributed by atoms with van der Waals surface area (Å²) in [4.78, 5) is 22.9. The topological polar surface area (TPSA) is 72.8 Å². The van der Waals surface area contributed by atoms with Gasteiger partial charge in [-0.2, -0.15) is 0 Å². The van der Waals surface area contributed by atoms with E-state index in [-0.39, 0.29) is 31.3 Å². The number of carbonyl (C=O) groups excluding carboxylic acids is 2. The van der Waals surface area contributed by atoms with Crippen LogP contribution in [0.2, 0.25) is 0 Å². The molecule has 0 rings (SSSR count). The Morgan fingerprint density at radius 1 is 0.913 bits per heavy atom. The number of hydrogen-bond acceptors (Lipinski definition) is 5. The van der Waals surface area contributed by atoms with Gasteiger partial charge in [-0.3, -0.25) is 9.59 Å². The SMILES string of the molecule is CC(C)OC(=O)CCCC(CCCCC(=O)OCCO)C(C)C. The minimum absolute atomic E-state index is 0.0472. The Bertz CT molecular complexity index is 325. The van der Waals surface area contributed by atoms with E-state index in [0.29, 0.717) is 24.7 Å². The number of hydrogen-bond donors (Lipinski definition) is 1. The van der Waals surface area contributed by atoms with Crippen LogP contribution in [-0.2, 0) is 19.1 Å². The molecule has 0 aromatic rings. The molecule has 0 saturated heterocycles. The quantitative estimate of drug-likeness (QED) is 0.413. The molecule has 1 atom stereocenters. The van der Waals surface area contributed by atoms with Gasteiger partial charge in [-0.15, -0.1) is 0 Å². The Hall–Kier alpha value is -1.10. The number of ether oxygens (including phenoxy) is 2. The monoisotopic (exact) mass is 330 g/mol. The third-order valence-corrected chi connectivity index (χ3v) is 3.83. The lowest BCUT2D eigenvalue weighted by molar-refractivity contribution is -0.147. The minimum Gasteiger partial charge on any atom is -0.463 e. The van der Waals surface area contributed by atoms with Crippen molar-refractivity contribution in [2.24, 2.45) is 11.8 Å². The molecule has 0 aliphatic rings. The van der Waals surface area contributed by atoms with Crippen molar-refractivity contribution >= 4 is 11.9 Å². The van der Waals surface area contributed by atoms with Crippen molar-refractivity contribution in [3.05, 3.63) is 0 Å². The second kappa shape index (κ2) is 13.3. The van der Waals surface area contributed by atoms with Crippen LogP contribution in [-0.4, -0.2) is 36.4 Å². The molecule has 0 aliphatic carbocycles. The van der Waals surface area contributed by atoms with Gasteiger partial charge in [0.1, 0.15) is 6.61 Å². The van der Waals surface area contributed by atoms with Gasteiger partial charge in [-0.1, -0.05) is 26.7 Å². The molecular formula is C18H34O5. The molecule has 0 aliphatic heterocycles. The zero-order valence-electron chi connectivity index (χ0n) is 15.2. The van der Waals surface area contributed by atoms with Crippen molar-refractivity contribution in [2.75, 3.05) is 13.2 Å². The molecule has 0 heterocycles. The maximum absolute atomic E-state index is 11.5. The molecule has 1 unspecified atom stereocenters. The molecule has 0 saturated carbocycles. The van der Waals surface area contributed by atoms with Crippen LogP contribution < -0.4 is 0 Å². The molecule has 0 aromatic carbocycles. The summed E-state index contributed by atoms with van der Waals surface area (Å²) >= 11 is 0. The summed E-state index contributed by atoms with van der Waals surface area (Å²) in [5.74, 6) is 0.776. The highest BCUT2D eigenvalue weighted by atomic mass is 16.5. The Morgan fingerprint density at radius 3 is 2.09 bits per heavy atom. The number of carbonyl (C=O) groups is 2. The standard InChI is InChI=1S/C18H34O5/c1-14(2)16(9-7-11-18(21)23-15(3)4)8-5-6-10-17(20)22-13-12-19/h14-16,19H,5-13H2,1-4H3. The zero-order valence-corrected chi connectivity index (χ0v) is 15.2. The first-order valence-corrected chi connectivity index (χ1v) is 8.82. The Morgan fingerprint density at radius 2 is 1.52 bits per heavy atom. The molecule has 5 heteroatoms. The highest BCUT2D eigenvalue weighted by Gasteiger charge is 2.15. The predicted molar refractivity (Wildman–Crippen MR) is 89.9 cm³/mol. The van der Waals surface area contributed by atoms with Crippen molar-refractivity contribution in [1.29, 1.82) is 0 Å². The van der Waals surface area contributed by atoms with Gasteiger partial charge in [0.15, 0.2) is 0 Å². The fraction of sp³-hybridized carbons (Fsp3) is 0.889. The summed E-state index contributed by atoms with van der Waals surface area (Å²) in [5.41, 5.74) is 0. The largest absolute Gasteiger partial charge is 0.463 e. The summed E-state index contributed by atoms with van der Waals surface area (Å²) in [5, 5.41) is 8.58. The molecule has 5 nitrogen and oxygen atoms in total. The van der Waals surface area contributed by atoms with E-state index in [1.54, 1.807) is 0 Å². The summed E-state index contributed by atoms with van der Waals surface area (Å²) in [6.45, 7) is 8.08. The molecule has 136 valence electrons. The zero-order chi connectivity index (χ0) is 17.7. The van der Waals surface area contributed by atoms with Crippen LogP contribution in [0.4, 0.5) is 0 Å². The number of aliphatic hydroxyl groups is 1. The molecule has 0 radical (unpaired) electrons. The van der Waals surface area contributed by atoms with Crippen molar-refractivity contribution in [1.82, 2.24) is 0 Å². The highest BCUT2D eigenvalue weighted by molar-refractivity contribution is 5.69. The third kappa shape index (κ3) is 13.1. The van der Waals surface area contributed by atoms with Crippen molar-refractivity contribution in [2.45, 2.75) is 78.7 Å². The van der Waals surface area contributed by atoms with Gasteiger partial charge in [-0.25, -0.2) is 0 Å². The van der Waals surface area contributed by atoms with Crippen LogP contribution in [0.1, 0.15) is 72.6 Å². The highest BCUT2D eigenvalue weighted by Crippen LogP contribution is 2.24. The van der Waals surface area contributed by atoms with E-state index in [9.17, 15) is 9.59 Å². The Kier molecular flexibility index (Phi) is 12.7. The maximum Gasteiger partial charge on any atom is 0.306 e. The van der Waals surface area contributed by atoms with Gasteiger partial charge < -0.3 is 14.6 Å². The average Bonchev–Trinajstić information content (AvgIpc) is 2.46. The first-order chi connectivity index (χ1) is 10.9. The second-order valence-corrected chi connectivity index (χ2v) is 6.62. The van der Waals surface area contributed by atoms with Gasteiger partial charge in [-0.05, 0) is 44.9 Å². The lowest BCUT2D eigenvalue weighted by Gasteiger charge is -2.20. The normalized spacial score (nSPS) is 12.5. The first kappa shape index (κ1) is 21.9. The van der Waals surface area contributed by atoms with Crippen LogP contribution in [0, 0.1) is 11.8 Å². The van der Waals surface area contributed by atoms with E-state index < -0.39 is 0 Å². The first-order valence-electron chi connectivity index (χ1n) is 8.82. The maximum atomic E-state index is 11.5. The number of unbranched alkanes of at least 4 members (excludes halogenated alkanes) is 1. The van der Waals surface area contributed by atoms with Crippen molar-refractivity contribution in [3.8, 4) is 0 Å². The Balaban J connectivity index is 3.86. The molecule has 23 heavy (non-hydrogen) atoms. The molecular weight excluding hydrogens is 296 g/mol. The van der Waals surface area contributed by atoms with E-state index in [1.807, 2.05) is 13.8 Å². The van der Waals surface area contributed by atoms with Crippen molar-refractivity contribution in [3.63, 3.8) is 0 Å². The van der Waals surface area contributed by atoms with Crippen LogP contribution in [0.3, 0.4) is 0 Å². The second-order valence-electron chi connectivity index (χ2n) is 6.62. The summed E-state index contributed by atoms with van der Waals surface area (Å²) in [6, 6.07) is 0. The molecule has 0 bridgehead atoms. The third-order valence-electron chi connectivity index (χ3n) is 3.83. The summed E-state index contributed by atoms with van der Waals surface area (Å²) in [6.07, 6.45) is 5.56. The van der Waals surface area contributed by atoms with Gasteiger partial charge in [0, 0.05) is 12.8 Å². The van der Waals surface area contributed by atoms with Gasteiger partial charge in [0.25, 0.3) is 0 Å². The molecule has 0 spiro atoms. The fourth-order valence-corrected chi connectivity index (χ4v) is 2.55. The molecule has 0 fully saturated rings. The summed E-state index contributed by atoms with van der Waals surface area (Å²) in [7, 11) is 0. The van der Waals surface area contributed by atoms with Crippen molar-refractivity contribution < 1.29 is 24.2 Å². The van der Waals surface area contributed by atoms with Gasteiger partial charge in [0.2, 0.25) is 0 Å². The summed E-state index contributed by atoms with van der Waals surface area (Å²) < 4.78 is 9.97. The van der Waals surface area contributed by atoms with E-state index in [1.165, 1.54) is 0 Å². The molecule has 1 N–H and O–H groups in total. The van der Waals surface area contributed by atoms with E-state index in [4.69, 9.17) is 14.6 Å². The van der Waals surface area contributed by atoms with Gasteiger partial charge >= 0.3 is 11.9 Å². The number of aliphatic hydroxyl groups excluding tert-OH is 1. The van der Waals surface area contributed by atoms with E-state index in [2.05, 4.69) is 13.8 Å². The van der Waals surface area contributed by atoms with E-state index in [0.717, 1.165) is 32.1 Å². The van der Waals surface area contributed by atoms with Crippen LogP contribution >= 0.6 is 0 Å². The Labute approximate surface area is 140 Å². The predicted octanol–water partition coefficient (Wildman–Crippen LogP) is 3.48.